The van der Waals surface area contributed by atoms with Gasteiger partial charge in [0.25, 0.3) is 0 Å². The maximum Gasteiger partial charge on any atom is 0.386 e. The van der Waals surface area contributed by atoms with Crippen LogP contribution in [-0.4, -0.2) is 12.2 Å². The van der Waals surface area contributed by atoms with Gasteiger partial charge >= 0.3 is 6.18 Å². The molecule has 1 fully saturated rings. The third-order valence-electron chi connectivity index (χ3n) is 2.21. The van der Waals surface area contributed by atoms with Gasteiger partial charge in [0, 0.05) is 18.7 Å². The molecule has 1 saturated carbocycles. The molecular weight excluding hydrogens is 217 g/mol. The minimum atomic E-state index is -4.00. The maximum atomic E-state index is 10.4. The van der Waals surface area contributed by atoms with Crippen molar-refractivity contribution in [2.24, 2.45) is 11.5 Å². The third kappa shape index (κ3) is 6.50. The van der Waals surface area contributed by atoms with Gasteiger partial charge in [-0.3, -0.25) is 0 Å². The second-order valence-corrected chi connectivity index (χ2v) is 4.00. The van der Waals surface area contributed by atoms with Gasteiger partial charge in [-0.1, -0.05) is 6.58 Å². The number of hydrogen-bond donors (Lipinski definition) is 2. The minimum Gasteiger partial charge on any atom is -0.399 e. The van der Waals surface area contributed by atoms with Crippen LogP contribution in [0.5, 0.6) is 0 Å². The van der Waals surface area contributed by atoms with E-state index in [2.05, 4.69) is 6.58 Å². The Kier molecular flexibility index (Phi) is 5.58. The highest BCUT2D eigenvalue weighted by Gasteiger charge is 2.19. The van der Waals surface area contributed by atoms with Crippen LogP contribution < -0.4 is 11.5 Å². The summed E-state index contributed by atoms with van der Waals surface area (Å²) in [4.78, 5) is 0. The maximum absolute atomic E-state index is 10.4. The predicted molar refractivity (Wildman–Crippen MR) is 59.6 cm³/mol. The fourth-order valence-electron chi connectivity index (χ4n) is 1.48. The lowest BCUT2D eigenvalue weighted by atomic mass is 10.1. The van der Waals surface area contributed by atoms with Crippen molar-refractivity contribution in [1.82, 2.24) is 0 Å². The summed E-state index contributed by atoms with van der Waals surface area (Å²) in [5.74, 6) is 0. The Morgan fingerprint density at radius 2 is 1.88 bits per heavy atom. The van der Waals surface area contributed by atoms with Gasteiger partial charge in [-0.15, -0.1) is 0 Å². The molecular formula is C11H19F3N2. The highest BCUT2D eigenvalue weighted by Crippen LogP contribution is 2.26. The van der Waals surface area contributed by atoms with Gasteiger partial charge in [0.15, 0.2) is 0 Å². The number of nitrogens with two attached hydrogens (primary N) is 2. The minimum absolute atomic E-state index is 0.187. The lowest BCUT2D eigenvalue weighted by Gasteiger charge is -2.09. The first-order valence-corrected chi connectivity index (χ1v) is 5.09. The molecule has 1 aliphatic carbocycles. The zero-order valence-electron chi connectivity index (χ0n) is 9.69. The highest BCUT2D eigenvalue weighted by atomic mass is 19.4. The van der Waals surface area contributed by atoms with Crippen LogP contribution in [0.2, 0.25) is 0 Å². The summed E-state index contributed by atoms with van der Waals surface area (Å²) in [5, 5.41) is 0. The molecule has 16 heavy (non-hydrogen) atoms. The molecule has 1 rings (SSSR count). The van der Waals surface area contributed by atoms with Crippen LogP contribution >= 0.6 is 0 Å². The summed E-state index contributed by atoms with van der Waals surface area (Å²) in [6, 6.07) is 0.187. The molecule has 0 aromatic carbocycles. The first-order chi connectivity index (χ1) is 7.13. The molecule has 94 valence electrons. The molecule has 0 bridgehead atoms. The molecule has 0 amide bonds. The van der Waals surface area contributed by atoms with Gasteiger partial charge in [0.1, 0.15) is 0 Å². The van der Waals surface area contributed by atoms with E-state index < -0.39 is 6.18 Å². The molecule has 0 heterocycles. The van der Waals surface area contributed by atoms with Gasteiger partial charge in [-0.2, -0.15) is 13.2 Å². The molecule has 1 atom stereocenters. The molecule has 1 unspecified atom stereocenters. The Balaban J connectivity index is 0.000000385. The van der Waals surface area contributed by atoms with Crippen molar-refractivity contribution >= 4 is 0 Å². The van der Waals surface area contributed by atoms with E-state index in [9.17, 15) is 13.2 Å². The van der Waals surface area contributed by atoms with Crippen molar-refractivity contribution in [2.45, 2.75) is 45.3 Å². The monoisotopic (exact) mass is 236 g/mol. The molecule has 4 N–H and O–H groups in total. The van der Waals surface area contributed by atoms with Crippen LogP contribution in [0.3, 0.4) is 0 Å². The highest BCUT2D eigenvalue weighted by molar-refractivity contribution is 5.33. The van der Waals surface area contributed by atoms with Crippen LogP contribution in [0.4, 0.5) is 13.2 Å². The summed E-state index contributed by atoms with van der Waals surface area (Å²) >= 11 is 0. The normalized spacial score (nSPS) is 23.5. The standard InChI is InChI=1S/C9H16N2.C2H3F3/c1-6(2)9(11)7-4-3-5-8(7)10;1-2(3,4)5/h8H,1,3-5,10-11H2,2H3;1H3/b9-7+;. The summed E-state index contributed by atoms with van der Waals surface area (Å²) in [5.41, 5.74) is 14.6. The Hall–Kier alpha value is -0.970. The Bertz CT molecular complexity index is 273. The zero-order valence-corrected chi connectivity index (χ0v) is 9.69. The van der Waals surface area contributed by atoms with E-state index in [-0.39, 0.29) is 13.0 Å². The van der Waals surface area contributed by atoms with Gasteiger partial charge in [0.05, 0.1) is 0 Å². The molecule has 5 heteroatoms. The summed E-state index contributed by atoms with van der Waals surface area (Å²) < 4.78 is 31.1. The Morgan fingerprint density at radius 3 is 2.12 bits per heavy atom. The van der Waals surface area contributed by atoms with E-state index in [1.807, 2.05) is 6.92 Å². The molecule has 0 aromatic heterocycles. The van der Waals surface area contributed by atoms with Crippen molar-refractivity contribution < 1.29 is 13.2 Å². The van der Waals surface area contributed by atoms with Crippen LogP contribution in [0.15, 0.2) is 23.4 Å². The van der Waals surface area contributed by atoms with Crippen LogP contribution in [0, 0.1) is 0 Å². The molecule has 0 radical (unpaired) electrons. The number of halogens is 3. The summed E-state index contributed by atoms with van der Waals surface area (Å²) in [6.45, 7) is 5.91. The fourth-order valence-corrected chi connectivity index (χ4v) is 1.48. The van der Waals surface area contributed by atoms with Gasteiger partial charge in [-0.25, -0.2) is 0 Å². The van der Waals surface area contributed by atoms with E-state index in [4.69, 9.17) is 11.5 Å². The quantitative estimate of drug-likeness (QED) is 0.735. The van der Waals surface area contributed by atoms with Crippen molar-refractivity contribution in [3.05, 3.63) is 23.4 Å². The smallest absolute Gasteiger partial charge is 0.386 e. The topological polar surface area (TPSA) is 52.0 Å². The van der Waals surface area contributed by atoms with Gasteiger partial charge in [0.2, 0.25) is 0 Å². The largest absolute Gasteiger partial charge is 0.399 e. The molecule has 0 aliphatic heterocycles. The average Bonchev–Trinajstić information content (AvgIpc) is 2.46. The number of hydrogen-bond acceptors (Lipinski definition) is 2. The third-order valence-corrected chi connectivity index (χ3v) is 2.21. The lowest BCUT2D eigenvalue weighted by Crippen LogP contribution is -2.20. The second-order valence-electron chi connectivity index (χ2n) is 4.00. The summed E-state index contributed by atoms with van der Waals surface area (Å²) in [7, 11) is 0. The van der Waals surface area contributed by atoms with Crippen LogP contribution in [0.25, 0.3) is 0 Å². The first-order valence-electron chi connectivity index (χ1n) is 5.09. The van der Waals surface area contributed by atoms with Crippen LogP contribution in [-0.2, 0) is 0 Å². The SMILES string of the molecule is C=C(C)/C(N)=C1/CCCC1N.CC(F)(F)F. The van der Waals surface area contributed by atoms with Crippen molar-refractivity contribution in [3.8, 4) is 0 Å². The molecule has 2 nitrogen and oxygen atoms in total. The Labute approximate surface area is 94.2 Å². The van der Waals surface area contributed by atoms with E-state index in [0.717, 1.165) is 24.1 Å². The van der Waals surface area contributed by atoms with E-state index in [1.165, 1.54) is 12.0 Å². The van der Waals surface area contributed by atoms with E-state index in [1.54, 1.807) is 0 Å². The number of alkyl halides is 3. The van der Waals surface area contributed by atoms with Gasteiger partial charge < -0.3 is 11.5 Å². The summed E-state index contributed by atoms with van der Waals surface area (Å²) in [6.07, 6.45) is -0.701. The fraction of sp³-hybridized carbons (Fsp3) is 0.636. The van der Waals surface area contributed by atoms with E-state index >= 15 is 0 Å². The van der Waals surface area contributed by atoms with Gasteiger partial charge in [-0.05, 0) is 37.3 Å². The van der Waals surface area contributed by atoms with Crippen molar-refractivity contribution in [2.75, 3.05) is 0 Å². The molecule has 0 aromatic rings. The average molecular weight is 236 g/mol. The van der Waals surface area contributed by atoms with Crippen molar-refractivity contribution in [3.63, 3.8) is 0 Å². The number of rotatable bonds is 1. The predicted octanol–water partition coefficient (Wildman–Crippen LogP) is 2.86. The van der Waals surface area contributed by atoms with E-state index in [0.29, 0.717) is 0 Å². The van der Waals surface area contributed by atoms with Crippen LogP contribution in [0.1, 0.15) is 33.1 Å². The molecule has 1 aliphatic rings. The Morgan fingerprint density at radius 1 is 1.44 bits per heavy atom. The zero-order chi connectivity index (χ0) is 12.9. The molecule has 0 spiro atoms. The molecule has 0 saturated heterocycles. The first kappa shape index (κ1) is 15.0. The lowest BCUT2D eigenvalue weighted by molar-refractivity contribution is -0.110. The van der Waals surface area contributed by atoms with Crippen molar-refractivity contribution in [1.29, 1.82) is 0 Å². The second kappa shape index (κ2) is 5.94. The number of allylic oxidation sites excluding steroid dienone is 1.